The van der Waals surface area contributed by atoms with Crippen molar-refractivity contribution in [3.05, 3.63) is 42.5 Å². The quantitative estimate of drug-likeness (QED) is 0.630. The van der Waals surface area contributed by atoms with Crippen molar-refractivity contribution in [2.24, 2.45) is 0 Å². The van der Waals surface area contributed by atoms with Crippen LogP contribution in [0.1, 0.15) is 38.3 Å². The molecule has 3 aromatic rings. The predicted octanol–water partition coefficient (Wildman–Crippen LogP) is 3.62. The van der Waals surface area contributed by atoms with E-state index < -0.39 is 0 Å². The van der Waals surface area contributed by atoms with Gasteiger partial charge in [-0.15, -0.1) is 0 Å². The van der Waals surface area contributed by atoms with E-state index >= 15 is 0 Å². The van der Waals surface area contributed by atoms with Gasteiger partial charge >= 0.3 is 0 Å². The average molecular weight is 435 g/mol. The van der Waals surface area contributed by atoms with Crippen molar-refractivity contribution >= 4 is 22.7 Å². The standard InChI is InChI=1S/C24H30N6O2/c1-2-17-7-8-27-24(28-17)29-18-3-5-20(6-4-18)32-22-16-19(30-11-13-31-14-12-30)15-21-23(22)26-10-9-25-21/h7-10,15-16,18,20H,2-6,11-14H2,1H3,(H,27,28,29). The molecule has 0 amide bonds. The second-order valence-corrected chi connectivity index (χ2v) is 8.43. The highest BCUT2D eigenvalue weighted by atomic mass is 16.5. The van der Waals surface area contributed by atoms with Crippen LogP contribution in [0.4, 0.5) is 11.6 Å². The van der Waals surface area contributed by atoms with Gasteiger partial charge in [-0.25, -0.2) is 15.0 Å². The van der Waals surface area contributed by atoms with Gasteiger partial charge in [0.05, 0.1) is 24.8 Å². The number of fused-ring (bicyclic) bond motifs is 1. The van der Waals surface area contributed by atoms with Gasteiger partial charge in [0.15, 0.2) is 0 Å². The summed E-state index contributed by atoms with van der Waals surface area (Å²) in [5, 5.41) is 3.50. The van der Waals surface area contributed by atoms with Crippen LogP contribution in [0.5, 0.6) is 5.75 Å². The lowest BCUT2D eigenvalue weighted by Crippen LogP contribution is -2.36. The predicted molar refractivity (Wildman–Crippen MR) is 124 cm³/mol. The third kappa shape index (κ3) is 4.75. The lowest BCUT2D eigenvalue weighted by molar-refractivity contribution is 0.122. The van der Waals surface area contributed by atoms with Gasteiger partial charge in [-0.05, 0) is 44.2 Å². The highest BCUT2D eigenvalue weighted by molar-refractivity contribution is 5.85. The number of nitrogens with one attached hydrogen (secondary N) is 1. The Labute approximate surface area is 188 Å². The van der Waals surface area contributed by atoms with Gasteiger partial charge < -0.3 is 19.7 Å². The smallest absolute Gasteiger partial charge is 0.223 e. The molecule has 5 rings (SSSR count). The normalized spacial score (nSPS) is 21.5. The molecule has 1 N–H and O–H groups in total. The third-order valence-electron chi connectivity index (χ3n) is 6.28. The summed E-state index contributed by atoms with van der Waals surface area (Å²) in [6, 6.07) is 6.56. The Balaban J connectivity index is 1.26. The molecule has 168 valence electrons. The van der Waals surface area contributed by atoms with Crippen molar-refractivity contribution in [3.63, 3.8) is 0 Å². The highest BCUT2D eigenvalue weighted by Crippen LogP contribution is 2.33. The summed E-state index contributed by atoms with van der Waals surface area (Å²) < 4.78 is 12.0. The van der Waals surface area contributed by atoms with E-state index in [9.17, 15) is 0 Å². The molecule has 0 radical (unpaired) electrons. The zero-order valence-electron chi connectivity index (χ0n) is 18.5. The molecule has 32 heavy (non-hydrogen) atoms. The molecular formula is C24H30N6O2. The number of aromatic nitrogens is 4. The van der Waals surface area contributed by atoms with Crippen LogP contribution in [-0.2, 0) is 11.2 Å². The van der Waals surface area contributed by atoms with Crippen molar-refractivity contribution in [3.8, 4) is 5.75 Å². The fraction of sp³-hybridized carbons (Fsp3) is 0.500. The Morgan fingerprint density at radius 3 is 2.66 bits per heavy atom. The van der Waals surface area contributed by atoms with Gasteiger partial charge in [0.1, 0.15) is 11.3 Å². The molecule has 8 heteroatoms. The van der Waals surface area contributed by atoms with Gasteiger partial charge in [0, 0.05) is 55.2 Å². The van der Waals surface area contributed by atoms with Crippen LogP contribution in [0.15, 0.2) is 36.8 Å². The molecule has 0 bridgehead atoms. The first-order chi connectivity index (χ1) is 15.8. The topological polar surface area (TPSA) is 85.3 Å². The number of anilines is 2. The Bertz CT molecular complexity index is 1050. The Kier molecular flexibility index (Phi) is 6.29. The number of morpholine rings is 1. The highest BCUT2D eigenvalue weighted by Gasteiger charge is 2.24. The van der Waals surface area contributed by atoms with E-state index in [1.54, 1.807) is 12.4 Å². The molecule has 0 unspecified atom stereocenters. The maximum absolute atomic E-state index is 6.52. The van der Waals surface area contributed by atoms with Crippen molar-refractivity contribution < 1.29 is 9.47 Å². The number of nitrogens with zero attached hydrogens (tertiary/aromatic N) is 5. The first-order valence-corrected chi connectivity index (χ1v) is 11.6. The van der Waals surface area contributed by atoms with E-state index in [4.69, 9.17) is 9.47 Å². The van der Waals surface area contributed by atoms with E-state index in [-0.39, 0.29) is 6.10 Å². The summed E-state index contributed by atoms with van der Waals surface area (Å²) >= 11 is 0. The molecule has 0 atom stereocenters. The molecule has 2 fully saturated rings. The summed E-state index contributed by atoms with van der Waals surface area (Å²) in [5.74, 6) is 1.56. The minimum absolute atomic E-state index is 0.168. The third-order valence-corrected chi connectivity index (χ3v) is 6.28. The van der Waals surface area contributed by atoms with Gasteiger partial charge in [-0.1, -0.05) is 6.92 Å². The maximum atomic E-state index is 6.52. The molecule has 2 aromatic heterocycles. The molecule has 1 saturated carbocycles. The monoisotopic (exact) mass is 434 g/mol. The minimum atomic E-state index is 0.168. The Morgan fingerprint density at radius 2 is 1.84 bits per heavy atom. The van der Waals surface area contributed by atoms with Gasteiger partial charge in [-0.3, -0.25) is 4.98 Å². The van der Waals surface area contributed by atoms with Crippen molar-refractivity contribution in [1.82, 2.24) is 19.9 Å². The zero-order valence-corrected chi connectivity index (χ0v) is 18.5. The second-order valence-electron chi connectivity index (χ2n) is 8.43. The summed E-state index contributed by atoms with van der Waals surface area (Å²) in [6.07, 6.45) is 10.4. The lowest BCUT2D eigenvalue weighted by Gasteiger charge is -2.31. The SMILES string of the molecule is CCc1ccnc(NC2CCC(Oc3cc(N4CCOCC4)cc4nccnc34)CC2)n1. The molecule has 1 aromatic carbocycles. The van der Waals surface area contributed by atoms with Crippen LogP contribution in [-0.4, -0.2) is 58.4 Å². The number of ether oxygens (including phenoxy) is 2. The molecule has 8 nitrogen and oxygen atoms in total. The summed E-state index contributed by atoms with van der Waals surface area (Å²) in [4.78, 5) is 20.4. The molecule has 2 aliphatic rings. The first-order valence-electron chi connectivity index (χ1n) is 11.6. The van der Waals surface area contributed by atoms with Crippen LogP contribution in [0.3, 0.4) is 0 Å². The molecule has 1 saturated heterocycles. The number of hydrogen-bond donors (Lipinski definition) is 1. The summed E-state index contributed by atoms with van der Waals surface area (Å²) in [6.45, 7) is 5.36. The average Bonchev–Trinajstić information content (AvgIpc) is 2.86. The number of aryl methyl sites for hydroxylation is 1. The zero-order chi connectivity index (χ0) is 21.8. The number of benzene rings is 1. The van der Waals surface area contributed by atoms with E-state index in [1.807, 2.05) is 12.3 Å². The maximum Gasteiger partial charge on any atom is 0.223 e. The van der Waals surface area contributed by atoms with Gasteiger partial charge in [0.2, 0.25) is 5.95 Å². The van der Waals surface area contributed by atoms with E-state index in [1.165, 1.54) is 0 Å². The largest absolute Gasteiger partial charge is 0.488 e. The summed E-state index contributed by atoms with van der Waals surface area (Å²) in [5.41, 5.74) is 3.89. The Hall–Kier alpha value is -3.00. The lowest BCUT2D eigenvalue weighted by atomic mass is 9.93. The molecule has 1 aliphatic carbocycles. The first kappa shape index (κ1) is 20.9. The van der Waals surface area contributed by atoms with E-state index in [0.29, 0.717) is 6.04 Å². The van der Waals surface area contributed by atoms with Gasteiger partial charge in [0.25, 0.3) is 0 Å². The van der Waals surface area contributed by atoms with E-state index in [2.05, 4.69) is 49.2 Å². The van der Waals surface area contributed by atoms with Crippen LogP contribution >= 0.6 is 0 Å². The van der Waals surface area contributed by atoms with Gasteiger partial charge in [-0.2, -0.15) is 0 Å². The van der Waals surface area contributed by atoms with E-state index in [0.717, 1.165) is 92.5 Å². The number of rotatable bonds is 6. The second kappa shape index (κ2) is 9.65. The van der Waals surface area contributed by atoms with Crippen LogP contribution in [0.25, 0.3) is 11.0 Å². The van der Waals surface area contributed by atoms with Crippen molar-refractivity contribution in [1.29, 1.82) is 0 Å². The molecular weight excluding hydrogens is 404 g/mol. The molecule has 3 heterocycles. The molecule has 0 spiro atoms. The Morgan fingerprint density at radius 1 is 1.03 bits per heavy atom. The van der Waals surface area contributed by atoms with Crippen molar-refractivity contribution in [2.45, 2.75) is 51.2 Å². The minimum Gasteiger partial charge on any atom is -0.488 e. The fourth-order valence-corrected chi connectivity index (χ4v) is 4.47. The van der Waals surface area contributed by atoms with Crippen LogP contribution in [0.2, 0.25) is 0 Å². The fourth-order valence-electron chi connectivity index (χ4n) is 4.47. The summed E-state index contributed by atoms with van der Waals surface area (Å²) in [7, 11) is 0. The van der Waals surface area contributed by atoms with Crippen LogP contribution < -0.4 is 15.0 Å². The number of hydrogen-bond acceptors (Lipinski definition) is 8. The molecule has 1 aliphatic heterocycles. The van der Waals surface area contributed by atoms with Crippen LogP contribution in [0, 0.1) is 0 Å². The van der Waals surface area contributed by atoms with Crippen molar-refractivity contribution in [2.75, 3.05) is 36.5 Å².